The molecule has 3 aliphatic heterocycles. The summed E-state index contributed by atoms with van der Waals surface area (Å²) in [6, 6.07) is 0. The standard InChI is InChI=1S/C35H58N2O9/c1-7-28(40)26(5)33-29(44-33)21-23(2)9-8-10-24(3)32-25(4)11-12-30(35(6,43)14-13-27(39)22-31(41)46-32)45-34(42)37-17-15-36(16-18-37)19-20-38/h8-12,23,25-30,32-33,38-40,43H,7,13-22H2,1-6H3/b9-8+,12-11-,24-10+. The summed E-state index contributed by atoms with van der Waals surface area (Å²) in [5.74, 6) is -0.496. The smallest absolute Gasteiger partial charge is 0.410 e. The van der Waals surface area contributed by atoms with Crippen LogP contribution in [0.3, 0.4) is 0 Å². The minimum absolute atomic E-state index is 0.0614. The Morgan fingerprint density at radius 3 is 2.57 bits per heavy atom. The summed E-state index contributed by atoms with van der Waals surface area (Å²) in [6.45, 7) is 14.2. The number of aliphatic hydroxyl groups is 4. The third-order valence-electron chi connectivity index (χ3n) is 9.62. The molecule has 0 aromatic rings. The van der Waals surface area contributed by atoms with Crippen LogP contribution in [0.4, 0.5) is 4.79 Å². The first-order chi connectivity index (χ1) is 21.7. The molecule has 4 N–H and O–H groups in total. The maximum Gasteiger partial charge on any atom is 0.410 e. The Balaban J connectivity index is 1.70. The Bertz CT molecular complexity index is 1070. The zero-order chi connectivity index (χ0) is 34.0. The molecule has 11 heteroatoms. The number of carbonyl (C=O) groups excluding carboxylic acids is 2. The quantitative estimate of drug-likeness (QED) is 0.114. The molecular weight excluding hydrogens is 592 g/mol. The molecule has 3 aliphatic rings. The molecule has 1 amide bonds. The second-order valence-corrected chi connectivity index (χ2v) is 13.7. The molecular formula is C35H58N2O9. The van der Waals surface area contributed by atoms with Crippen LogP contribution in [0.15, 0.2) is 36.0 Å². The lowest BCUT2D eigenvalue weighted by atomic mass is 9.88. The fourth-order valence-corrected chi connectivity index (χ4v) is 6.27. The van der Waals surface area contributed by atoms with Gasteiger partial charge in [0.25, 0.3) is 0 Å². The largest absolute Gasteiger partial charge is 0.457 e. The van der Waals surface area contributed by atoms with E-state index in [0.29, 0.717) is 39.1 Å². The molecule has 0 bridgehead atoms. The van der Waals surface area contributed by atoms with Gasteiger partial charge < -0.3 is 39.5 Å². The van der Waals surface area contributed by atoms with Crippen molar-refractivity contribution in [2.75, 3.05) is 39.3 Å². The van der Waals surface area contributed by atoms with Gasteiger partial charge in [0, 0.05) is 44.6 Å². The maximum absolute atomic E-state index is 13.1. The van der Waals surface area contributed by atoms with Gasteiger partial charge in [-0.25, -0.2) is 4.79 Å². The zero-order valence-electron chi connectivity index (χ0n) is 28.6. The van der Waals surface area contributed by atoms with Crippen LogP contribution < -0.4 is 0 Å². The lowest BCUT2D eigenvalue weighted by molar-refractivity contribution is -0.151. The molecule has 0 aliphatic carbocycles. The van der Waals surface area contributed by atoms with E-state index in [0.717, 1.165) is 12.0 Å². The van der Waals surface area contributed by atoms with E-state index in [1.165, 1.54) is 0 Å². The van der Waals surface area contributed by atoms with Crippen LogP contribution in [0.1, 0.15) is 73.6 Å². The van der Waals surface area contributed by atoms with Crippen molar-refractivity contribution >= 4 is 12.1 Å². The first-order valence-corrected chi connectivity index (χ1v) is 17.0. The van der Waals surface area contributed by atoms with Crippen LogP contribution >= 0.6 is 0 Å². The normalized spacial score (nSPS) is 34.6. The molecule has 2 saturated heterocycles. The Hall–Kier alpha value is -2.28. The van der Waals surface area contributed by atoms with Gasteiger partial charge in [-0.05, 0) is 57.1 Å². The first kappa shape index (κ1) is 38.2. The van der Waals surface area contributed by atoms with Crippen molar-refractivity contribution in [2.45, 2.75) is 116 Å². The topological polar surface area (TPSA) is 153 Å². The van der Waals surface area contributed by atoms with E-state index in [-0.39, 0.29) is 61.9 Å². The molecule has 46 heavy (non-hydrogen) atoms. The highest BCUT2D eigenvalue weighted by molar-refractivity contribution is 5.70. The monoisotopic (exact) mass is 650 g/mol. The Morgan fingerprint density at radius 1 is 1.22 bits per heavy atom. The summed E-state index contributed by atoms with van der Waals surface area (Å²) in [4.78, 5) is 29.6. The molecule has 3 heterocycles. The van der Waals surface area contributed by atoms with E-state index in [1.807, 2.05) is 45.9 Å². The highest BCUT2D eigenvalue weighted by atomic mass is 16.6. The first-order valence-electron chi connectivity index (χ1n) is 17.0. The van der Waals surface area contributed by atoms with Crippen LogP contribution in [-0.2, 0) is 19.0 Å². The van der Waals surface area contributed by atoms with E-state index in [2.05, 4.69) is 17.9 Å². The summed E-state index contributed by atoms with van der Waals surface area (Å²) in [5, 5.41) is 41.3. The van der Waals surface area contributed by atoms with Crippen molar-refractivity contribution in [1.82, 2.24) is 9.80 Å². The number of hydrogen-bond donors (Lipinski definition) is 4. The SMILES string of the molecule is CCC(O)C(C)C1OC1CC(C)/C=C/C=C(\C)C1OC(=O)CC(O)CCC(C)(O)C(OC(=O)N2CCN(CCO)CC2)/C=C\C1C. The van der Waals surface area contributed by atoms with Crippen LogP contribution in [0.5, 0.6) is 0 Å². The van der Waals surface area contributed by atoms with Crippen molar-refractivity contribution in [3.63, 3.8) is 0 Å². The van der Waals surface area contributed by atoms with Crippen molar-refractivity contribution < 1.29 is 44.2 Å². The Kier molecular flexibility index (Phi) is 14.7. The van der Waals surface area contributed by atoms with Gasteiger partial charge >= 0.3 is 12.1 Å². The zero-order valence-corrected chi connectivity index (χ0v) is 28.6. The highest BCUT2D eigenvalue weighted by Crippen LogP contribution is 2.36. The number of esters is 1. The van der Waals surface area contributed by atoms with Crippen LogP contribution in [0.2, 0.25) is 0 Å². The summed E-state index contributed by atoms with van der Waals surface area (Å²) < 4.78 is 17.6. The van der Waals surface area contributed by atoms with Gasteiger partial charge in [-0.15, -0.1) is 0 Å². The van der Waals surface area contributed by atoms with Gasteiger partial charge in [-0.3, -0.25) is 9.69 Å². The Morgan fingerprint density at radius 2 is 1.91 bits per heavy atom. The lowest BCUT2D eigenvalue weighted by Gasteiger charge is -2.37. The number of β-amino-alcohol motifs (C(OH)–C–C–N with tert-alkyl or cyclic N) is 1. The molecule has 3 rings (SSSR count). The highest BCUT2D eigenvalue weighted by Gasteiger charge is 2.45. The van der Waals surface area contributed by atoms with E-state index < -0.39 is 36.0 Å². The van der Waals surface area contributed by atoms with E-state index in [4.69, 9.17) is 14.2 Å². The average Bonchev–Trinajstić information content (AvgIpc) is 3.78. The van der Waals surface area contributed by atoms with Crippen molar-refractivity contribution in [3.8, 4) is 0 Å². The number of ether oxygens (including phenoxy) is 3. The summed E-state index contributed by atoms with van der Waals surface area (Å²) >= 11 is 0. The minimum atomic E-state index is -1.48. The number of piperazine rings is 1. The summed E-state index contributed by atoms with van der Waals surface area (Å²) in [7, 11) is 0. The summed E-state index contributed by atoms with van der Waals surface area (Å²) in [5.41, 5.74) is -0.674. The number of cyclic esters (lactones) is 1. The fourth-order valence-electron chi connectivity index (χ4n) is 6.27. The van der Waals surface area contributed by atoms with Gasteiger partial charge in [-0.2, -0.15) is 0 Å². The molecule has 10 unspecified atom stereocenters. The number of carbonyl (C=O) groups is 2. The van der Waals surface area contributed by atoms with E-state index >= 15 is 0 Å². The number of nitrogens with zero attached hydrogens (tertiary/aromatic N) is 2. The van der Waals surface area contributed by atoms with Crippen LogP contribution in [-0.4, -0.2) is 124 Å². The average molecular weight is 651 g/mol. The predicted molar refractivity (Wildman–Crippen MR) is 175 cm³/mol. The predicted octanol–water partition coefficient (Wildman–Crippen LogP) is 3.20. The third kappa shape index (κ3) is 11.5. The molecule has 2 fully saturated rings. The van der Waals surface area contributed by atoms with Crippen LogP contribution in [0.25, 0.3) is 0 Å². The van der Waals surface area contributed by atoms with E-state index in [1.54, 1.807) is 17.9 Å². The number of hydrogen-bond acceptors (Lipinski definition) is 10. The molecule has 0 aromatic carbocycles. The molecule has 262 valence electrons. The van der Waals surface area contributed by atoms with Crippen molar-refractivity contribution in [1.29, 1.82) is 0 Å². The number of rotatable bonds is 11. The molecule has 0 saturated carbocycles. The molecule has 11 nitrogen and oxygen atoms in total. The maximum atomic E-state index is 13.1. The second kappa shape index (κ2) is 17.8. The molecule has 0 radical (unpaired) electrons. The van der Waals surface area contributed by atoms with E-state index in [9.17, 15) is 30.0 Å². The molecule has 0 spiro atoms. The molecule has 10 atom stereocenters. The number of epoxide rings is 1. The third-order valence-corrected chi connectivity index (χ3v) is 9.62. The Labute approximate surface area is 274 Å². The number of amides is 1. The summed E-state index contributed by atoms with van der Waals surface area (Å²) in [6.07, 6.45) is 7.71. The lowest BCUT2D eigenvalue weighted by Crippen LogP contribution is -2.51. The fraction of sp³-hybridized carbons (Fsp3) is 0.771. The number of allylic oxidation sites excluding steroid dienone is 3. The minimum Gasteiger partial charge on any atom is -0.457 e. The van der Waals surface area contributed by atoms with Gasteiger partial charge in [-0.1, -0.05) is 52.0 Å². The van der Waals surface area contributed by atoms with Gasteiger partial charge in [0.2, 0.25) is 0 Å². The van der Waals surface area contributed by atoms with Crippen molar-refractivity contribution in [2.24, 2.45) is 17.8 Å². The second-order valence-electron chi connectivity index (χ2n) is 13.7. The van der Waals surface area contributed by atoms with Gasteiger partial charge in [0.05, 0.1) is 37.4 Å². The number of aliphatic hydroxyl groups excluding tert-OH is 3. The van der Waals surface area contributed by atoms with Crippen LogP contribution in [0, 0.1) is 17.8 Å². The van der Waals surface area contributed by atoms with Gasteiger partial charge in [0.15, 0.2) is 6.10 Å². The van der Waals surface area contributed by atoms with Crippen molar-refractivity contribution in [3.05, 3.63) is 36.0 Å². The van der Waals surface area contributed by atoms with Gasteiger partial charge in [0.1, 0.15) is 11.7 Å². The molecule has 0 aromatic heterocycles.